The van der Waals surface area contributed by atoms with Crippen LogP contribution in [0.25, 0.3) is 0 Å². The van der Waals surface area contributed by atoms with Crippen molar-refractivity contribution in [1.29, 1.82) is 0 Å². The predicted octanol–water partition coefficient (Wildman–Crippen LogP) is 1.27. The molecule has 0 aliphatic heterocycles. The van der Waals surface area contributed by atoms with Crippen molar-refractivity contribution in [3.8, 4) is 0 Å². The highest BCUT2D eigenvalue weighted by atomic mass is 16.5. The molecule has 0 fully saturated rings. The average molecular weight is 168 g/mol. The van der Waals surface area contributed by atoms with Crippen LogP contribution in [0.2, 0.25) is 0 Å². The van der Waals surface area contributed by atoms with Gasteiger partial charge in [-0.15, -0.1) is 0 Å². The number of hydrogen-bond donors (Lipinski definition) is 0. The Bertz CT molecular complexity index is 228. The van der Waals surface area contributed by atoms with Crippen molar-refractivity contribution >= 4 is 5.97 Å². The first-order valence-corrected chi connectivity index (χ1v) is 3.78. The number of esters is 1. The van der Waals surface area contributed by atoms with E-state index in [1.807, 2.05) is 12.2 Å². The monoisotopic (exact) mass is 168 g/mol. The lowest BCUT2D eigenvalue weighted by molar-refractivity contribution is -0.143. The fourth-order valence-electron chi connectivity index (χ4n) is 1.15. The van der Waals surface area contributed by atoms with Crippen molar-refractivity contribution < 1.29 is 14.3 Å². The third-order valence-electron chi connectivity index (χ3n) is 1.78. The first-order valence-electron chi connectivity index (χ1n) is 3.78. The van der Waals surface area contributed by atoms with Crippen LogP contribution < -0.4 is 0 Å². The largest absolute Gasteiger partial charge is 0.500 e. The molecule has 0 saturated heterocycles. The van der Waals surface area contributed by atoms with Crippen molar-refractivity contribution in [3.63, 3.8) is 0 Å². The van der Waals surface area contributed by atoms with Gasteiger partial charge in [0.2, 0.25) is 0 Å². The minimum Gasteiger partial charge on any atom is -0.500 e. The van der Waals surface area contributed by atoms with E-state index in [0.29, 0.717) is 5.76 Å². The molecule has 1 rings (SSSR count). The molecule has 0 aromatic carbocycles. The molecule has 1 atom stereocenters. The molecule has 1 aliphatic rings. The normalized spacial score (nSPS) is 21.5. The molecule has 0 aromatic rings. The lowest BCUT2D eigenvalue weighted by atomic mass is 10.0. The molecular formula is C9H12O3. The molecule has 3 heteroatoms. The lowest BCUT2D eigenvalue weighted by Crippen LogP contribution is -2.18. The number of hydrogen-bond acceptors (Lipinski definition) is 3. The molecule has 0 amide bonds. The first kappa shape index (κ1) is 8.84. The van der Waals surface area contributed by atoms with E-state index in [9.17, 15) is 4.79 Å². The Balaban J connectivity index is 2.73. The summed E-state index contributed by atoms with van der Waals surface area (Å²) >= 11 is 0. The Morgan fingerprint density at radius 3 is 2.92 bits per heavy atom. The maximum Gasteiger partial charge on any atom is 0.320 e. The maximum atomic E-state index is 11.1. The molecule has 1 aliphatic carbocycles. The van der Waals surface area contributed by atoms with Crippen LogP contribution in [0.1, 0.15) is 6.42 Å². The quantitative estimate of drug-likeness (QED) is 0.460. The number of carbonyl (C=O) groups excluding carboxylic acids is 1. The van der Waals surface area contributed by atoms with E-state index in [0.717, 1.165) is 6.42 Å². The average Bonchev–Trinajstić information content (AvgIpc) is 2.16. The standard InChI is InChI=1S/C9H12O3/c1-11-8-6-4-3-5-7(8)9(10)12-2/h3,5-7H,4H2,1-2H3. The molecule has 12 heavy (non-hydrogen) atoms. The maximum absolute atomic E-state index is 11.1. The summed E-state index contributed by atoms with van der Waals surface area (Å²) in [5.74, 6) is 0.0390. The van der Waals surface area contributed by atoms with Crippen molar-refractivity contribution in [2.24, 2.45) is 5.92 Å². The van der Waals surface area contributed by atoms with E-state index >= 15 is 0 Å². The smallest absolute Gasteiger partial charge is 0.320 e. The van der Waals surface area contributed by atoms with E-state index in [4.69, 9.17) is 4.74 Å². The van der Waals surface area contributed by atoms with Gasteiger partial charge < -0.3 is 9.47 Å². The molecule has 1 unspecified atom stereocenters. The van der Waals surface area contributed by atoms with E-state index in [-0.39, 0.29) is 11.9 Å². The van der Waals surface area contributed by atoms with Gasteiger partial charge in [0, 0.05) is 0 Å². The second kappa shape index (κ2) is 3.95. The van der Waals surface area contributed by atoms with Gasteiger partial charge in [-0.2, -0.15) is 0 Å². The molecular weight excluding hydrogens is 156 g/mol. The Hall–Kier alpha value is -1.25. The Morgan fingerprint density at radius 1 is 1.58 bits per heavy atom. The third-order valence-corrected chi connectivity index (χ3v) is 1.78. The number of methoxy groups -OCH3 is 2. The van der Waals surface area contributed by atoms with Crippen molar-refractivity contribution in [2.75, 3.05) is 14.2 Å². The van der Waals surface area contributed by atoms with Crippen molar-refractivity contribution in [1.82, 2.24) is 0 Å². The number of ether oxygens (including phenoxy) is 2. The Labute approximate surface area is 71.7 Å². The van der Waals surface area contributed by atoms with Gasteiger partial charge in [-0.05, 0) is 12.5 Å². The third kappa shape index (κ3) is 1.67. The van der Waals surface area contributed by atoms with Crippen LogP contribution in [-0.2, 0) is 14.3 Å². The van der Waals surface area contributed by atoms with Gasteiger partial charge in [-0.3, -0.25) is 4.79 Å². The van der Waals surface area contributed by atoms with Gasteiger partial charge in [0.05, 0.1) is 14.2 Å². The van der Waals surface area contributed by atoms with Gasteiger partial charge in [-0.25, -0.2) is 0 Å². The van der Waals surface area contributed by atoms with E-state index < -0.39 is 0 Å². The number of rotatable bonds is 2. The SMILES string of the molecule is COC(=O)C1C=CCC=C1OC. The topological polar surface area (TPSA) is 35.5 Å². The lowest BCUT2D eigenvalue weighted by Gasteiger charge is -2.16. The summed E-state index contributed by atoms with van der Waals surface area (Å²) in [5.41, 5.74) is 0. The molecule has 0 aromatic heterocycles. The molecule has 0 radical (unpaired) electrons. The molecule has 0 bridgehead atoms. The van der Waals surface area contributed by atoms with Crippen LogP contribution in [-0.4, -0.2) is 20.2 Å². The summed E-state index contributed by atoms with van der Waals surface area (Å²) < 4.78 is 9.65. The van der Waals surface area contributed by atoms with E-state index in [1.165, 1.54) is 7.11 Å². The molecule has 66 valence electrons. The predicted molar refractivity (Wildman–Crippen MR) is 44.4 cm³/mol. The van der Waals surface area contributed by atoms with E-state index in [1.54, 1.807) is 13.2 Å². The Kier molecular flexibility index (Phi) is 2.91. The zero-order chi connectivity index (χ0) is 8.97. The number of allylic oxidation sites excluding steroid dienone is 2. The molecule has 0 spiro atoms. The van der Waals surface area contributed by atoms with Crippen molar-refractivity contribution in [3.05, 3.63) is 24.0 Å². The highest BCUT2D eigenvalue weighted by molar-refractivity contribution is 5.77. The van der Waals surface area contributed by atoms with Crippen LogP contribution in [0, 0.1) is 5.92 Å². The molecule has 0 saturated carbocycles. The van der Waals surface area contributed by atoms with Crippen LogP contribution in [0.5, 0.6) is 0 Å². The van der Waals surface area contributed by atoms with Gasteiger partial charge in [0.1, 0.15) is 11.7 Å². The van der Waals surface area contributed by atoms with Gasteiger partial charge in [0.25, 0.3) is 0 Å². The zero-order valence-electron chi connectivity index (χ0n) is 7.24. The summed E-state index contributed by atoms with van der Waals surface area (Å²) in [7, 11) is 2.93. The molecule has 3 nitrogen and oxygen atoms in total. The second-order valence-electron chi connectivity index (χ2n) is 2.48. The van der Waals surface area contributed by atoms with Gasteiger partial charge in [-0.1, -0.05) is 12.2 Å². The summed E-state index contributed by atoms with van der Waals surface area (Å²) in [6.07, 6.45) is 6.41. The van der Waals surface area contributed by atoms with Gasteiger partial charge >= 0.3 is 5.97 Å². The van der Waals surface area contributed by atoms with Crippen LogP contribution in [0.4, 0.5) is 0 Å². The van der Waals surface area contributed by atoms with Crippen molar-refractivity contribution in [2.45, 2.75) is 6.42 Å². The summed E-state index contributed by atoms with van der Waals surface area (Å²) in [6.45, 7) is 0. The Morgan fingerprint density at radius 2 is 2.33 bits per heavy atom. The van der Waals surface area contributed by atoms with Crippen LogP contribution >= 0.6 is 0 Å². The van der Waals surface area contributed by atoms with Gasteiger partial charge in [0.15, 0.2) is 0 Å². The minimum atomic E-state index is -0.353. The molecule has 0 heterocycles. The zero-order valence-corrected chi connectivity index (χ0v) is 7.24. The fourth-order valence-corrected chi connectivity index (χ4v) is 1.15. The van der Waals surface area contributed by atoms with E-state index in [2.05, 4.69) is 4.74 Å². The van der Waals surface area contributed by atoms with Crippen LogP contribution in [0.3, 0.4) is 0 Å². The van der Waals surface area contributed by atoms with Crippen LogP contribution in [0.15, 0.2) is 24.0 Å². The number of carbonyl (C=O) groups is 1. The summed E-state index contributed by atoms with van der Waals surface area (Å²) in [4.78, 5) is 11.1. The highest BCUT2D eigenvalue weighted by Crippen LogP contribution is 2.20. The highest BCUT2D eigenvalue weighted by Gasteiger charge is 2.22. The second-order valence-corrected chi connectivity index (χ2v) is 2.48. The fraction of sp³-hybridized carbons (Fsp3) is 0.444. The summed E-state index contributed by atoms with van der Waals surface area (Å²) in [5, 5.41) is 0. The first-order chi connectivity index (χ1) is 5.79. The minimum absolute atomic E-state index is 0.279. The summed E-state index contributed by atoms with van der Waals surface area (Å²) in [6, 6.07) is 0. The molecule has 0 N–H and O–H groups in total.